The minimum absolute atomic E-state index is 0.173. The van der Waals surface area contributed by atoms with Crippen LogP contribution in [-0.4, -0.2) is 37.4 Å². The Morgan fingerprint density at radius 1 is 1.04 bits per heavy atom. The van der Waals surface area contributed by atoms with E-state index in [0.29, 0.717) is 30.2 Å². The third-order valence-corrected chi connectivity index (χ3v) is 3.95. The zero-order valence-electron chi connectivity index (χ0n) is 14.3. The normalized spacial score (nSPS) is 10.7. The number of carbonyl (C=O) groups excluding carboxylic acids is 1. The maximum Gasteiger partial charge on any atom is 0.251 e. The van der Waals surface area contributed by atoms with Gasteiger partial charge in [-0.15, -0.1) is 10.2 Å². The number of aromatic nitrogens is 5. The highest BCUT2D eigenvalue weighted by Crippen LogP contribution is 2.15. The zero-order valence-corrected chi connectivity index (χ0v) is 14.3. The van der Waals surface area contributed by atoms with Crippen molar-refractivity contribution in [1.82, 2.24) is 30.2 Å². The summed E-state index contributed by atoms with van der Waals surface area (Å²) >= 11 is 0. The van der Waals surface area contributed by atoms with Gasteiger partial charge in [0.15, 0.2) is 0 Å². The van der Waals surface area contributed by atoms with Gasteiger partial charge in [-0.1, -0.05) is 41.6 Å². The number of hydrogen-bond donors (Lipinski definition) is 1. The van der Waals surface area contributed by atoms with Crippen LogP contribution >= 0.6 is 0 Å². The number of rotatable bonds is 6. The minimum Gasteiger partial charge on any atom is -0.352 e. The van der Waals surface area contributed by atoms with Gasteiger partial charge in [-0.05, 0) is 18.2 Å². The van der Waals surface area contributed by atoms with Gasteiger partial charge in [0.1, 0.15) is 12.7 Å². The molecule has 0 aliphatic rings. The zero-order chi connectivity index (χ0) is 18.5. The molecule has 4 aromatic rings. The van der Waals surface area contributed by atoms with Gasteiger partial charge in [0.05, 0.1) is 0 Å². The van der Waals surface area contributed by atoms with Crippen LogP contribution in [0.15, 0.2) is 71.8 Å². The molecule has 134 valence electrons. The third-order valence-electron chi connectivity index (χ3n) is 3.95. The van der Waals surface area contributed by atoms with Crippen LogP contribution in [0.25, 0.3) is 17.1 Å². The molecular formula is C19H16N6O2. The first-order valence-corrected chi connectivity index (χ1v) is 8.41. The summed E-state index contributed by atoms with van der Waals surface area (Å²) < 4.78 is 6.98. The smallest absolute Gasteiger partial charge is 0.251 e. The van der Waals surface area contributed by atoms with Crippen molar-refractivity contribution >= 4 is 5.91 Å². The fourth-order valence-corrected chi connectivity index (χ4v) is 2.59. The van der Waals surface area contributed by atoms with Crippen molar-refractivity contribution < 1.29 is 9.32 Å². The van der Waals surface area contributed by atoms with E-state index in [1.54, 1.807) is 29.4 Å². The lowest BCUT2D eigenvalue weighted by atomic mass is 10.2. The highest BCUT2D eigenvalue weighted by atomic mass is 16.5. The van der Waals surface area contributed by atoms with E-state index < -0.39 is 0 Å². The number of nitrogens with one attached hydrogen (secondary N) is 1. The Morgan fingerprint density at radius 2 is 1.85 bits per heavy atom. The number of benzene rings is 2. The molecule has 0 saturated heterocycles. The van der Waals surface area contributed by atoms with Gasteiger partial charge in [0.25, 0.3) is 5.91 Å². The Bertz CT molecular complexity index is 1030. The van der Waals surface area contributed by atoms with Gasteiger partial charge < -0.3 is 9.84 Å². The van der Waals surface area contributed by atoms with E-state index in [-0.39, 0.29) is 5.91 Å². The molecule has 0 aliphatic heterocycles. The molecule has 0 aliphatic carbocycles. The van der Waals surface area contributed by atoms with Crippen molar-refractivity contribution in [2.24, 2.45) is 0 Å². The van der Waals surface area contributed by atoms with Crippen LogP contribution in [0.1, 0.15) is 16.2 Å². The Kier molecular flexibility index (Phi) is 4.69. The molecule has 0 radical (unpaired) electrons. The molecule has 27 heavy (non-hydrogen) atoms. The van der Waals surface area contributed by atoms with Crippen molar-refractivity contribution in [3.8, 4) is 17.1 Å². The van der Waals surface area contributed by atoms with Crippen molar-refractivity contribution in [2.75, 3.05) is 6.54 Å². The largest absolute Gasteiger partial charge is 0.352 e. The molecule has 0 atom stereocenters. The third kappa shape index (κ3) is 3.90. The first-order valence-electron chi connectivity index (χ1n) is 8.41. The van der Waals surface area contributed by atoms with Crippen LogP contribution in [0.5, 0.6) is 0 Å². The van der Waals surface area contributed by atoms with E-state index in [2.05, 4.69) is 25.7 Å². The van der Waals surface area contributed by atoms with Gasteiger partial charge in [-0.25, -0.2) is 0 Å². The SMILES string of the molecule is O=C(NCCc1nc(-c2ccccc2)no1)c1cccc(-n2cnnc2)c1. The van der Waals surface area contributed by atoms with Gasteiger partial charge in [-0.2, -0.15) is 4.98 Å². The lowest BCUT2D eigenvalue weighted by Crippen LogP contribution is -2.25. The summed E-state index contributed by atoms with van der Waals surface area (Å²) in [7, 11) is 0. The summed E-state index contributed by atoms with van der Waals surface area (Å²) in [6, 6.07) is 16.8. The molecule has 2 aromatic carbocycles. The standard InChI is InChI=1S/C19H16N6O2/c26-19(15-7-4-8-16(11-15)25-12-21-22-13-25)20-10-9-17-23-18(24-27-17)14-5-2-1-3-6-14/h1-8,11-13H,9-10H2,(H,20,26). The number of carbonyl (C=O) groups is 1. The average Bonchev–Trinajstić information content (AvgIpc) is 3.41. The summed E-state index contributed by atoms with van der Waals surface area (Å²) in [5, 5.41) is 14.4. The topological polar surface area (TPSA) is 98.7 Å². The van der Waals surface area contributed by atoms with Crippen LogP contribution in [0.2, 0.25) is 0 Å². The van der Waals surface area contributed by atoms with Crippen LogP contribution < -0.4 is 5.32 Å². The Morgan fingerprint density at radius 3 is 2.67 bits per heavy atom. The molecule has 8 heteroatoms. The van der Waals surface area contributed by atoms with E-state index in [1.165, 1.54) is 0 Å². The highest BCUT2D eigenvalue weighted by molar-refractivity contribution is 5.94. The van der Waals surface area contributed by atoms with Crippen LogP contribution in [0.3, 0.4) is 0 Å². The first-order chi connectivity index (χ1) is 13.3. The Balaban J connectivity index is 1.35. The van der Waals surface area contributed by atoms with E-state index in [4.69, 9.17) is 4.52 Å². The molecule has 1 amide bonds. The molecule has 1 N–H and O–H groups in total. The van der Waals surface area contributed by atoms with E-state index in [0.717, 1.165) is 11.3 Å². The van der Waals surface area contributed by atoms with E-state index in [1.807, 2.05) is 42.5 Å². The summed E-state index contributed by atoms with van der Waals surface area (Å²) in [5.41, 5.74) is 2.26. The molecule has 0 fully saturated rings. The summed E-state index contributed by atoms with van der Waals surface area (Å²) in [4.78, 5) is 16.7. The second-order valence-electron chi connectivity index (χ2n) is 5.80. The molecule has 0 bridgehead atoms. The summed E-state index contributed by atoms with van der Waals surface area (Å²) in [6.45, 7) is 0.395. The first kappa shape index (κ1) is 16.6. The number of nitrogens with zero attached hydrogens (tertiary/aromatic N) is 5. The van der Waals surface area contributed by atoms with Crippen molar-refractivity contribution in [3.63, 3.8) is 0 Å². The molecule has 2 heterocycles. The molecule has 0 unspecified atom stereocenters. The second kappa shape index (κ2) is 7.61. The number of amides is 1. The minimum atomic E-state index is -0.173. The van der Waals surface area contributed by atoms with E-state index in [9.17, 15) is 4.79 Å². The molecule has 2 aromatic heterocycles. The molecule has 4 rings (SSSR count). The van der Waals surface area contributed by atoms with Crippen LogP contribution in [0.4, 0.5) is 0 Å². The maximum atomic E-state index is 12.4. The summed E-state index contributed by atoms with van der Waals surface area (Å²) in [5.74, 6) is 0.846. The van der Waals surface area contributed by atoms with Gasteiger partial charge in [0.2, 0.25) is 11.7 Å². The van der Waals surface area contributed by atoms with Gasteiger partial charge >= 0.3 is 0 Å². The van der Waals surface area contributed by atoms with Crippen LogP contribution in [0, 0.1) is 0 Å². The highest BCUT2D eigenvalue weighted by Gasteiger charge is 2.10. The fraction of sp³-hybridized carbons (Fsp3) is 0.105. The predicted molar refractivity (Wildman–Crippen MR) is 97.1 cm³/mol. The van der Waals surface area contributed by atoms with Crippen molar-refractivity contribution in [3.05, 3.63) is 78.7 Å². The fourth-order valence-electron chi connectivity index (χ4n) is 2.59. The van der Waals surface area contributed by atoms with E-state index >= 15 is 0 Å². The monoisotopic (exact) mass is 360 g/mol. The lowest BCUT2D eigenvalue weighted by Gasteiger charge is -2.06. The quantitative estimate of drug-likeness (QED) is 0.566. The average molecular weight is 360 g/mol. The lowest BCUT2D eigenvalue weighted by molar-refractivity contribution is 0.0953. The second-order valence-corrected chi connectivity index (χ2v) is 5.80. The molecule has 0 spiro atoms. The van der Waals surface area contributed by atoms with Gasteiger partial charge in [0, 0.05) is 29.8 Å². The molecule has 0 saturated carbocycles. The predicted octanol–water partition coefficient (Wildman–Crippen LogP) is 2.29. The Hall–Kier alpha value is -3.81. The van der Waals surface area contributed by atoms with Crippen LogP contribution in [-0.2, 0) is 6.42 Å². The van der Waals surface area contributed by atoms with Crippen molar-refractivity contribution in [1.29, 1.82) is 0 Å². The molecule has 8 nitrogen and oxygen atoms in total. The number of hydrogen-bond acceptors (Lipinski definition) is 6. The maximum absolute atomic E-state index is 12.4. The Labute approximate surface area is 154 Å². The van der Waals surface area contributed by atoms with Gasteiger partial charge in [-0.3, -0.25) is 9.36 Å². The summed E-state index contributed by atoms with van der Waals surface area (Å²) in [6.07, 6.45) is 3.62. The van der Waals surface area contributed by atoms with Crippen molar-refractivity contribution in [2.45, 2.75) is 6.42 Å². The molecular weight excluding hydrogens is 344 g/mol.